The van der Waals surface area contributed by atoms with Crippen molar-refractivity contribution < 1.29 is 10.2 Å². The molecule has 0 aliphatic carbocycles. The summed E-state index contributed by atoms with van der Waals surface area (Å²) in [7, 11) is 0. The highest BCUT2D eigenvalue weighted by atomic mass is 16.3. The van der Waals surface area contributed by atoms with Crippen LogP contribution in [0, 0.1) is 0 Å². The normalized spacial score (nSPS) is 14.7. The number of hydrogen-bond acceptors (Lipinski definition) is 3. The summed E-state index contributed by atoms with van der Waals surface area (Å²) >= 11 is 0. The van der Waals surface area contributed by atoms with Crippen LogP contribution in [0.15, 0.2) is 30.3 Å². The number of hydrogen-bond donors (Lipinski definition) is 2. The Kier molecular flexibility index (Phi) is 6.94. The number of benzene rings is 1. The Morgan fingerprint density at radius 2 is 1.56 bits per heavy atom. The van der Waals surface area contributed by atoms with Gasteiger partial charge in [0.2, 0.25) is 0 Å². The zero-order chi connectivity index (χ0) is 13.4. The van der Waals surface area contributed by atoms with Gasteiger partial charge >= 0.3 is 0 Å². The molecule has 0 unspecified atom stereocenters. The van der Waals surface area contributed by atoms with E-state index in [1.54, 1.807) is 13.8 Å². The highest BCUT2D eigenvalue weighted by Gasteiger charge is 2.10. The lowest BCUT2D eigenvalue weighted by Crippen LogP contribution is -2.37. The monoisotopic (exact) mass is 251 g/mol. The van der Waals surface area contributed by atoms with Gasteiger partial charge in [-0.2, -0.15) is 0 Å². The molecule has 1 aromatic carbocycles. The molecule has 0 aliphatic rings. The highest BCUT2D eigenvalue weighted by molar-refractivity contribution is 5.14. The Balaban J connectivity index is 2.32. The second-order valence-electron chi connectivity index (χ2n) is 5.05. The van der Waals surface area contributed by atoms with Gasteiger partial charge in [0.05, 0.1) is 12.2 Å². The third-order valence-electron chi connectivity index (χ3n) is 2.83. The minimum absolute atomic E-state index is 0.347. The summed E-state index contributed by atoms with van der Waals surface area (Å²) in [6.45, 7) is 5.72. The molecule has 0 saturated heterocycles. The molecule has 0 bridgehead atoms. The van der Waals surface area contributed by atoms with Crippen molar-refractivity contribution in [2.24, 2.45) is 0 Å². The molecule has 0 heterocycles. The summed E-state index contributed by atoms with van der Waals surface area (Å²) in [4.78, 5) is 2.12. The number of aliphatic hydroxyl groups is 2. The molecule has 0 amide bonds. The molecule has 2 atom stereocenters. The van der Waals surface area contributed by atoms with Crippen LogP contribution in [0.2, 0.25) is 0 Å². The number of aliphatic hydroxyl groups excluding tert-OH is 2. The number of rotatable bonds is 8. The van der Waals surface area contributed by atoms with Crippen molar-refractivity contribution in [1.29, 1.82) is 0 Å². The summed E-state index contributed by atoms with van der Waals surface area (Å²) in [5.41, 5.74) is 1.34. The highest BCUT2D eigenvalue weighted by Crippen LogP contribution is 2.04. The van der Waals surface area contributed by atoms with Crippen LogP contribution in [0.5, 0.6) is 0 Å². The van der Waals surface area contributed by atoms with Gasteiger partial charge in [-0.15, -0.1) is 0 Å². The molecule has 0 radical (unpaired) electrons. The van der Waals surface area contributed by atoms with E-state index in [0.29, 0.717) is 13.1 Å². The zero-order valence-electron chi connectivity index (χ0n) is 11.4. The average molecular weight is 251 g/mol. The minimum atomic E-state index is -0.347. The Bertz CT molecular complexity index is 302. The van der Waals surface area contributed by atoms with Gasteiger partial charge in [-0.1, -0.05) is 30.3 Å². The van der Waals surface area contributed by atoms with Crippen LogP contribution in [0.4, 0.5) is 0 Å². The van der Waals surface area contributed by atoms with Gasteiger partial charge in [0.15, 0.2) is 0 Å². The van der Waals surface area contributed by atoms with Gasteiger partial charge in [0.25, 0.3) is 0 Å². The third-order valence-corrected chi connectivity index (χ3v) is 2.83. The van der Waals surface area contributed by atoms with Crippen molar-refractivity contribution in [3.63, 3.8) is 0 Å². The first-order valence-electron chi connectivity index (χ1n) is 6.70. The largest absolute Gasteiger partial charge is 0.392 e. The van der Waals surface area contributed by atoms with Crippen LogP contribution in [0.3, 0.4) is 0 Å². The second-order valence-corrected chi connectivity index (χ2v) is 5.05. The van der Waals surface area contributed by atoms with Crippen molar-refractivity contribution in [1.82, 2.24) is 4.90 Å². The van der Waals surface area contributed by atoms with Crippen LogP contribution >= 0.6 is 0 Å². The first kappa shape index (κ1) is 15.2. The van der Waals surface area contributed by atoms with Crippen molar-refractivity contribution in [3.8, 4) is 0 Å². The van der Waals surface area contributed by atoms with Gasteiger partial charge in [0, 0.05) is 13.1 Å². The SMILES string of the molecule is C[C@H](O)CN(CCCc1ccccc1)C[C@@H](C)O. The van der Waals surface area contributed by atoms with E-state index in [9.17, 15) is 10.2 Å². The lowest BCUT2D eigenvalue weighted by atomic mass is 10.1. The maximum Gasteiger partial charge on any atom is 0.0639 e. The van der Waals surface area contributed by atoms with Crippen LogP contribution in [-0.2, 0) is 6.42 Å². The Labute approximate surface area is 110 Å². The summed E-state index contributed by atoms with van der Waals surface area (Å²) in [6, 6.07) is 10.4. The zero-order valence-corrected chi connectivity index (χ0v) is 11.4. The van der Waals surface area contributed by atoms with E-state index in [0.717, 1.165) is 19.4 Å². The van der Waals surface area contributed by atoms with E-state index in [1.807, 2.05) is 6.07 Å². The van der Waals surface area contributed by atoms with Gasteiger partial charge in [-0.05, 0) is 38.8 Å². The maximum atomic E-state index is 9.43. The molecule has 0 spiro atoms. The van der Waals surface area contributed by atoms with Crippen LogP contribution in [-0.4, -0.2) is 47.0 Å². The molecule has 1 rings (SSSR count). The fourth-order valence-electron chi connectivity index (χ4n) is 2.16. The molecule has 3 nitrogen and oxygen atoms in total. The van der Waals surface area contributed by atoms with Gasteiger partial charge in [-0.25, -0.2) is 0 Å². The first-order chi connectivity index (χ1) is 8.58. The summed E-state index contributed by atoms with van der Waals surface area (Å²) in [5, 5.41) is 18.9. The van der Waals surface area contributed by atoms with Crippen LogP contribution < -0.4 is 0 Å². The molecule has 0 aliphatic heterocycles. The van der Waals surface area contributed by atoms with E-state index >= 15 is 0 Å². The molecule has 102 valence electrons. The molecule has 0 fully saturated rings. The predicted octanol–water partition coefficient (Wildman–Crippen LogP) is 1.68. The molecule has 0 aromatic heterocycles. The van der Waals surface area contributed by atoms with Crippen LogP contribution in [0.25, 0.3) is 0 Å². The quantitative estimate of drug-likeness (QED) is 0.739. The van der Waals surface area contributed by atoms with Crippen molar-refractivity contribution >= 4 is 0 Å². The molecule has 18 heavy (non-hydrogen) atoms. The Morgan fingerprint density at radius 1 is 1.00 bits per heavy atom. The van der Waals surface area contributed by atoms with E-state index in [-0.39, 0.29) is 12.2 Å². The van der Waals surface area contributed by atoms with E-state index in [4.69, 9.17) is 0 Å². The predicted molar refractivity (Wildman–Crippen MR) is 74.6 cm³/mol. The van der Waals surface area contributed by atoms with Crippen molar-refractivity contribution in [2.45, 2.75) is 38.9 Å². The fourth-order valence-corrected chi connectivity index (χ4v) is 2.16. The molecule has 3 heteroatoms. The van der Waals surface area contributed by atoms with E-state index in [2.05, 4.69) is 29.2 Å². The van der Waals surface area contributed by atoms with Gasteiger partial charge < -0.3 is 10.2 Å². The molecular formula is C15H25NO2. The maximum absolute atomic E-state index is 9.43. The minimum Gasteiger partial charge on any atom is -0.392 e. The molecule has 1 aromatic rings. The summed E-state index contributed by atoms with van der Waals surface area (Å²) in [5.74, 6) is 0. The Hall–Kier alpha value is -0.900. The van der Waals surface area contributed by atoms with Crippen molar-refractivity contribution in [2.75, 3.05) is 19.6 Å². The topological polar surface area (TPSA) is 43.7 Å². The molecular weight excluding hydrogens is 226 g/mol. The molecule has 2 N–H and O–H groups in total. The van der Waals surface area contributed by atoms with Crippen LogP contribution in [0.1, 0.15) is 25.8 Å². The lowest BCUT2D eigenvalue weighted by molar-refractivity contribution is 0.0830. The van der Waals surface area contributed by atoms with Crippen molar-refractivity contribution in [3.05, 3.63) is 35.9 Å². The summed E-state index contributed by atoms with van der Waals surface area (Å²) in [6.07, 6.45) is 1.39. The van der Waals surface area contributed by atoms with Gasteiger partial charge in [-0.3, -0.25) is 4.90 Å². The second kappa shape index (κ2) is 8.25. The Morgan fingerprint density at radius 3 is 2.06 bits per heavy atom. The van der Waals surface area contributed by atoms with Gasteiger partial charge in [0.1, 0.15) is 0 Å². The smallest absolute Gasteiger partial charge is 0.0639 e. The number of aryl methyl sites for hydroxylation is 1. The van der Waals surface area contributed by atoms with E-state index in [1.165, 1.54) is 5.56 Å². The standard InChI is InChI=1S/C15H25NO2/c1-13(17)11-16(12-14(2)18)10-6-9-15-7-4-3-5-8-15/h3-5,7-8,13-14,17-18H,6,9-12H2,1-2H3/t13-,14+. The first-order valence-corrected chi connectivity index (χ1v) is 6.70. The average Bonchev–Trinajstić information content (AvgIpc) is 2.28. The number of nitrogens with zero attached hydrogens (tertiary/aromatic N) is 1. The lowest BCUT2D eigenvalue weighted by Gasteiger charge is -2.24. The molecule has 0 saturated carbocycles. The van der Waals surface area contributed by atoms with E-state index < -0.39 is 0 Å². The third kappa shape index (κ3) is 6.74. The fraction of sp³-hybridized carbons (Fsp3) is 0.600. The summed E-state index contributed by atoms with van der Waals surface area (Å²) < 4.78 is 0.